The summed E-state index contributed by atoms with van der Waals surface area (Å²) in [5.74, 6) is 0.715. The number of piperidine rings is 1. The quantitative estimate of drug-likeness (QED) is 0.590. The second-order valence-electron chi connectivity index (χ2n) is 6.22. The Labute approximate surface area is 159 Å². The Morgan fingerprint density at radius 3 is 2.85 bits per heavy atom. The highest BCUT2D eigenvalue weighted by molar-refractivity contribution is 7.19. The molecule has 10 heteroatoms. The Bertz CT molecular complexity index is 1010. The average molecular weight is 382 g/mol. The molecular formula is C17H18N8OS. The SMILES string of the molecule is N=Cc1cc(Nc2ncnc3sc(C(=O)N4CCCCC4)nc23)cnc1N. The third kappa shape index (κ3) is 3.43. The van der Waals surface area contributed by atoms with Gasteiger partial charge in [-0.15, -0.1) is 0 Å². The summed E-state index contributed by atoms with van der Waals surface area (Å²) in [7, 11) is 0. The summed E-state index contributed by atoms with van der Waals surface area (Å²) in [5, 5.41) is 10.9. The standard InChI is InChI=1S/C17H18N8OS/c18-7-10-6-11(8-20-13(10)19)23-14-12-15(22-9-21-14)27-16(24-12)17(26)25-4-2-1-3-5-25/h6-9,18H,1-5H2,(H2,19,20)(H,21,22,23). The van der Waals surface area contributed by atoms with Gasteiger partial charge in [0.05, 0.1) is 11.9 Å². The number of nitrogens with zero attached hydrogens (tertiary/aromatic N) is 5. The Balaban J connectivity index is 1.65. The van der Waals surface area contributed by atoms with Crippen LogP contribution in [0.5, 0.6) is 0 Å². The van der Waals surface area contributed by atoms with Crippen LogP contribution < -0.4 is 11.1 Å². The van der Waals surface area contributed by atoms with Crippen molar-refractivity contribution in [1.29, 1.82) is 5.41 Å². The van der Waals surface area contributed by atoms with Gasteiger partial charge in [-0.2, -0.15) is 0 Å². The van der Waals surface area contributed by atoms with E-state index in [0.29, 0.717) is 32.4 Å². The highest BCUT2D eigenvalue weighted by atomic mass is 32.1. The number of hydrogen-bond donors (Lipinski definition) is 3. The minimum Gasteiger partial charge on any atom is -0.383 e. The molecule has 1 fully saturated rings. The number of carbonyl (C=O) groups is 1. The van der Waals surface area contributed by atoms with Crippen LogP contribution in [0.25, 0.3) is 10.3 Å². The van der Waals surface area contributed by atoms with Gasteiger partial charge in [0.2, 0.25) is 0 Å². The molecule has 0 bridgehead atoms. The molecule has 4 rings (SSSR count). The maximum atomic E-state index is 12.7. The number of fused-ring (bicyclic) bond motifs is 1. The molecule has 0 unspecified atom stereocenters. The normalized spacial score (nSPS) is 14.3. The predicted molar refractivity (Wildman–Crippen MR) is 105 cm³/mol. The molecular weight excluding hydrogens is 364 g/mol. The molecule has 0 aliphatic carbocycles. The van der Waals surface area contributed by atoms with Crippen LogP contribution in [0.15, 0.2) is 18.6 Å². The summed E-state index contributed by atoms with van der Waals surface area (Å²) in [5.41, 5.74) is 7.39. The summed E-state index contributed by atoms with van der Waals surface area (Å²) in [4.78, 5) is 32.3. The van der Waals surface area contributed by atoms with Crippen LogP contribution in [0.4, 0.5) is 17.3 Å². The Morgan fingerprint density at radius 2 is 2.07 bits per heavy atom. The zero-order chi connectivity index (χ0) is 18.8. The maximum Gasteiger partial charge on any atom is 0.282 e. The number of thiazole rings is 1. The van der Waals surface area contributed by atoms with E-state index in [1.807, 2.05) is 4.90 Å². The zero-order valence-corrected chi connectivity index (χ0v) is 15.3. The van der Waals surface area contributed by atoms with Crippen LogP contribution in [0.3, 0.4) is 0 Å². The number of likely N-dealkylation sites (tertiary alicyclic amines) is 1. The van der Waals surface area contributed by atoms with E-state index >= 15 is 0 Å². The van der Waals surface area contributed by atoms with Crippen molar-refractivity contribution >= 4 is 51.1 Å². The molecule has 9 nitrogen and oxygen atoms in total. The third-order valence-corrected chi connectivity index (χ3v) is 5.34. The summed E-state index contributed by atoms with van der Waals surface area (Å²) >= 11 is 1.27. The molecule has 1 aliphatic rings. The number of amides is 1. The van der Waals surface area contributed by atoms with Crippen molar-refractivity contribution in [3.05, 3.63) is 29.2 Å². The third-order valence-electron chi connectivity index (χ3n) is 4.39. The second kappa shape index (κ2) is 7.23. The van der Waals surface area contributed by atoms with Gasteiger partial charge in [0.25, 0.3) is 5.91 Å². The number of aromatic nitrogens is 4. The first-order valence-corrected chi connectivity index (χ1v) is 9.41. The fourth-order valence-corrected chi connectivity index (χ4v) is 3.86. The topological polar surface area (TPSA) is 134 Å². The lowest BCUT2D eigenvalue weighted by molar-refractivity contribution is 0.0724. The van der Waals surface area contributed by atoms with Gasteiger partial charge in [-0.05, 0) is 25.3 Å². The lowest BCUT2D eigenvalue weighted by Crippen LogP contribution is -2.35. The van der Waals surface area contributed by atoms with Crippen LogP contribution >= 0.6 is 11.3 Å². The summed E-state index contributed by atoms with van der Waals surface area (Å²) in [6.07, 6.45) is 7.35. The highest BCUT2D eigenvalue weighted by Crippen LogP contribution is 2.28. The average Bonchev–Trinajstić information content (AvgIpc) is 3.15. The lowest BCUT2D eigenvalue weighted by atomic mass is 10.1. The van der Waals surface area contributed by atoms with Crippen molar-refractivity contribution in [3.8, 4) is 0 Å². The van der Waals surface area contributed by atoms with Crippen LogP contribution in [0.2, 0.25) is 0 Å². The van der Waals surface area contributed by atoms with Gasteiger partial charge in [-0.3, -0.25) is 4.79 Å². The second-order valence-corrected chi connectivity index (χ2v) is 7.19. The van der Waals surface area contributed by atoms with E-state index in [0.717, 1.165) is 38.6 Å². The molecule has 4 heterocycles. The molecule has 0 spiro atoms. The van der Waals surface area contributed by atoms with Crippen molar-refractivity contribution in [3.63, 3.8) is 0 Å². The number of nitrogens with two attached hydrogens (primary N) is 1. The lowest BCUT2D eigenvalue weighted by Gasteiger charge is -2.25. The molecule has 0 atom stereocenters. The monoisotopic (exact) mass is 382 g/mol. The number of pyridine rings is 1. The first kappa shape index (κ1) is 17.3. The smallest absolute Gasteiger partial charge is 0.282 e. The number of anilines is 3. The molecule has 1 aliphatic heterocycles. The van der Waals surface area contributed by atoms with Crippen molar-refractivity contribution in [2.45, 2.75) is 19.3 Å². The van der Waals surface area contributed by atoms with Crippen molar-refractivity contribution in [2.24, 2.45) is 0 Å². The Kier molecular flexibility index (Phi) is 4.63. The van der Waals surface area contributed by atoms with Crippen LogP contribution in [-0.2, 0) is 0 Å². The van der Waals surface area contributed by atoms with Crippen LogP contribution in [-0.4, -0.2) is 50.0 Å². The molecule has 4 N–H and O–H groups in total. The first-order valence-electron chi connectivity index (χ1n) is 8.59. The fourth-order valence-electron chi connectivity index (χ4n) is 2.98. The van der Waals surface area contributed by atoms with E-state index in [1.165, 1.54) is 17.7 Å². The van der Waals surface area contributed by atoms with Gasteiger partial charge in [0, 0.05) is 24.9 Å². The highest BCUT2D eigenvalue weighted by Gasteiger charge is 2.23. The van der Waals surface area contributed by atoms with Gasteiger partial charge in [0.15, 0.2) is 10.8 Å². The molecule has 0 saturated carbocycles. The van der Waals surface area contributed by atoms with E-state index in [-0.39, 0.29) is 11.7 Å². The zero-order valence-electron chi connectivity index (χ0n) is 14.5. The summed E-state index contributed by atoms with van der Waals surface area (Å²) in [6, 6.07) is 1.70. The summed E-state index contributed by atoms with van der Waals surface area (Å²) < 4.78 is 0. The molecule has 3 aromatic rings. The van der Waals surface area contributed by atoms with Gasteiger partial charge < -0.3 is 21.4 Å². The van der Waals surface area contributed by atoms with E-state index < -0.39 is 0 Å². The number of nitrogen functional groups attached to an aromatic ring is 1. The Hall–Kier alpha value is -3.14. The van der Waals surface area contributed by atoms with Crippen molar-refractivity contribution < 1.29 is 4.79 Å². The molecule has 1 amide bonds. The molecule has 1 saturated heterocycles. The van der Waals surface area contributed by atoms with Crippen LogP contribution in [0, 0.1) is 5.41 Å². The number of rotatable bonds is 4. The molecule has 0 aromatic carbocycles. The first-order chi connectivity index (χ1) is 13.2. The van der Waals surface area contributed by atoms with E-state index in [9.17, 15) is 4.79 Å². The van der Waals surface area contributed by atoms with Gasteiger partial charge in [-0.1, -0.05) is 11.3 Å². The number of carbonyl (C=O) groups excluding carboxylic acids is 1. The number of hydrogen-bond acceptors (Lipinski definition) is 9. The molecule has 138 valence electrons. The van der Waals surface area contributed by atoms with Crippen LogP contribution in [0.1, 0.15) is 34.6 Å². The molecule has 27 heavy (non-hydrogen) atoms. The van der Waals surface area contributed by atoms with Gasteiger partial charge >= 0.3 is 0 Å². The van der Waals surface area contributed by atoms with E-state index in [1.54, 1.807) is 12.3 Å². The Morgan fingerprint density at radius 1 is 1.26 bits per heavy atom. The fraction of sp³-hybridized carbons (Fsp3) is 0.294. The number of nitrogens with one attached hydrogen (secondary N) is 2. The maximum absolute atomic E-state index is 12.7. The summed E-state index contributed by atoms with van der Waals surface area (Å²) in [6.45, 7) is 1.55. The van der Waals surface area contributed by atoms with Crippen molar-refractivity contribution in [1.82, 2.24) is 24.8 Å². The minimum atomic E-state index is -0.0520. The molecule has 3 aromatic heterocycles. The van der Waals surface area contributed by atoms with E-state index in [4.69, 9.17) is 11.1 Å². The minimum absolute atomic E-state index is 0.0520. The van der Waals surface area contributed by atoms with Crippen molar-refractivity contribution in [2.75, 3.05) is 24.1 Å². The van der Waals surface area contributed by atoms with Gasteiger partial charge in [0.1, 0.15) is 22.5 Å². The van der Waals surface area contributed by atoms with Gasteiger partial charge in [-0.25, -0.2) is 19.9 Å². The van der Waals surface area contributed by atoms with E-state index in [2.05, 4.69) is 25.3 Å². The largest absolute Gasteiger partial charge is 0.383 e. The predicted octanol–water partition coefficient (Wildman–Crippen LogP) is 2.43. The molecule has 0 radical (unpaired) electrons.